The summed E-state index contributed by atoms with van der Waals surface area (Å²) in [5.74, 6) is -1.19. The van der Waals surface area contributed by atoms with Crippen molar-refractivity contribution < 1.29 is 19.4 Å². The Kier molecular flexibility index (Phi) is 1.30. The molecule has 1 saturated carbocycles. The first-order chi connectivity index (χ1) is 5.70. The van der Waals surface area contributed by atoms with Crippen molar-refractivity contribution in [3.8, 4) is 0 Å². The molecule has 1 aliphatic rings. The van der Waals surface area contributed by atoms with E-state index < -0.39 is 5.97 Å². The summed E-state index contributed by atoms with van der Waals surface area (Å²) in [6.07, 6.45) is 1.67. The average Bonchev–Trinajstić information content (AvgIpc) is 2.75. The first kappa shape index (κ1) is 7.08. The minimum Gasteiger partial charge on any atom is -0.475 e. The second-order valence-electron chi connectivity index (χ2n) is 2.74. The number of hydrogen-bond acceptors (Lipinski definition) is 4. The molecule has 1 N–H and O–H groups in total. The summed E-state index contributed by atoms with van der Waals surface area (Å²) in [5.41, 5.74) is -0.102. The van der Waals surface area contributed by atoms with Crippen LogP contribution in [0.4, 0.5) is 0 Å². The molecule has 1 heterocycles. The fraction of sp³-hybridized carbons (Fsp3) is 0.500. The molecule has 6 heteroatoms. The molecule has 0 unspecified atom stereocenters. The van der Waals surface area contributed by atoms with E-state index in [1.54, 1.807) is 0 Å². The van der Waals surface area contributed by atoms with E-state index in [0.717, 1.165) is 12.8 Å². The number of carbonyl (C=O) groups is 1. The largest absolute Gasteiger partial charge is 0.475 e. The zero-order valence-corrected chi connectivity index (χ0v) is 6.06. The lowest BCUT2D eigenvalue weighted by Crippen LogP contribution is -2.28. The lowest BCUT2D eigenvalue weighted by atomic mass is 10.2. The summed E-state index contributed by atoms with van der Waals surface area (Å²) in [6, 6.07) is 0. The maximum atomic E-state index is 10.9. The zero-order valence-electron chi connectivity index (χ0n) is 6.06. The number of hydrogen-bond donors (Lipinski definition) is 1. The van der Waals surface area contributed by atoms with Gasteiger partial charge in [-0.15, -0.1) is 0 Å². The fourth-order valence-corrected chi connectivity index (χ4v) is 1.10. The van der Waals surface area contributed by atoms with Crippen molar-refractivity contribution in [1.29, 1.82) is 0 Å². The van der Waals surface area contributed by atoms with Crippen molar-refractivity contribution >= 4 is 5.97 Å². The van der Waals surface area contributed by atoms with Crippen LogP contribution in [0.5, 0.6) is 0 Å². The normalized spacial score (nSPS) is 16.3. The molecule has 1 aromatic heterocycles. The van der Waals surface area contributed by atoms with Gasteiger partial charge in [0.05, 0.1) is 5.16 Å². The Labute approximate surface area is 66.9 Å². The van der Waals surface area contributed by atoms with Gasteiger partial charge in [0.2, 0.25) is 5.69 Å². The van der Waals surface area contributed by atoms with E-state index in [2.05, 4.69) is 9.79 Å². The van der Waals surface area contributed by atoms with Gasteiger partial charge in [0, 0.05) is 5.92 Å². The number of nitrogens with zero attached hydrogens (tertiary/aromatic N) is 2. The van der Waals surface area contributed by atoms with Gasteiger partial charge in [0.1, 0.15) is 0 Å². The Hall–Kier alpha value is -1.59. The first-order valence-electron chi connectivity index (χ1n) is 3.53. The summed E-state index contributed by atoms with van der Waals surface area (Å²) in [5, 5.41) is 22.6. The number of carboxylic acids is 1. The summed E-state index contributed by atoms with van der Waals surface area (Å²) >= 11 is 0. The van der Waals surface area contributed by atoms with E-state index in [0.29, 0.717) is 0 Å². The first-order valence-corrected chi connectivity index (χ1v) is 3.53. The van der Waals surface area contributed by atoms with Gasteiger partial charge in [-0.3, -0.25) is 4.63 Å². The molecule has 0 amide bonds. The molecule has 64 valence electrons. The highest BCUT2D eigenvalue weighted by atomic mass is 16.8. The highest BCUT2D eigenvalue weighted by Crippen LogP contribution is 2.39. The number of rotatable bonds is 2. The van der Waals surface area contributed by atoms with Crippen LogP contribution in [-0.4, -0.2) is 16.2 Å². The molecule has 0 saturated heterocycles. The third-order valence-corrected chi connectivity index (χ3v) is 1.81. The fourth-order valence-electron chi connectivity index (χ4n) is 1.10. The van der Waals surface area contributed by atoms with Crippen LogP contribution in [0, 0.1) is 5.21 Å². The van der Waals surface area contributed by atoms with E-state index in [1.807, 2.05) is 0 Å². The van der Waals surface area contributed by atoms with Crippen molar-refractivity contribution in [2.45, 2.75) is 18.8 Å². The minimum absolute atomic E-state index is 0.0276. The Morgan fingerprint density at radius 3 is 2.92 bits per heavy atom. The van der Waals surface area contributed by atoms with Gasteiger partial charge in [-0.25, -0.2) is 4.79 Å². The summed E-state index contributed by atoms with van der Waals surface area (Å²) < 4.78 is 4.19. The minimum atomic E-state index is -1.21. The van der Waals surface area contributed by atoms with Crippen molar-refractivity contribution in [2.24, 2.45) is 0 Å². The van der Waals surface area contributed by atoms with Crippen molar-refractivity contribution in [1.82, 2.24) is 5.16 Å². The van der Waals surface area contributed by atoms with Crippen LogP contribution in [0.3, 0.4) is 0 Å². The third kappa shape index (κ3) is 0.919. The van der Waals surface area contributed by atoms with Crippen LogP contribution in [-0.2, 0) is 0 Å². The standard InChI is InChI=1S/C6H6N2O4/c9-6(10)4-5(3-1-2-3)8(11)12-7-4/h3H,1-2H2,(H,9,10). The van der Waals surface area contributed by atoms with Crippen LogP contribution in [0.25, 0.3) is 0 Å². The van der Waals surface area contributed by atoms with E-state index in [9.17, 15) is 10.0 Å². The molecule has 0 spiro atoms. The SMILES string of the molecule is O=C(O)c1no[n+]([O-])c1C1CC1. The molecule has 1 fully saturated rings. The molecule has 0 radical (unpaired) electrons. The Morgan fingerprint density at radius 2 is 2.42 bits per heavy atom. The molecular formula is C6H6N2O4. The van der Waals surface area contributed by atoms with E-state index in [4.69, 9.17) is 5.11 Å². The lowest BCUT2D eigenvalue weighted by molar-refractivity contribution is -0.808. The monoisotopic (exact) mass is 170 g/mol. The molecular weight excluding hydrogens is 164 g/mol. The molecule has 2 rings (SSSR count). The van der Waals surface area contributed by atoms with Crippen LogP contribution in [0.15, 0.2) is 4.63 Å². The highest BCUT2D eigenvalue weighted by Gasteiger charge is 2.38. The maximum absolute atomic E-state index is 10.9. The van der Waals surface area contributed by atoms with Gasteiger partial charge in [-0.1, -0.05) is 0 Å². The Morgan fingerprint density at radius 1 is 1.75 bits per heavy atom. The molecule has 1 aromatic rings. The van der Waals surface area contributed by atoms with Crippen molar-refractivity contribution in [3.05, 3.63) is 16.6 Å². The molecule has 1 aliphatic carbocycles. The number of aromatic nitrogens is 2. The smallest absolute Gasteiger partial charge is 0.387 e. The van der Waals surface area contributed by atoms with Crippen molar-refractivity contribution in [3.63, 3.8) is 0 Å². The van der Waals surface area contributed by atoms with E-state index >= 15 is 0 Å². The molecule has 0 aromatic carbocycles. The summed E-state index contributed by atoms with van der Waals surface area (Å²) in [6.45, 7) is 0. The predicted octanol–water partition coefficient (Wildman–Crippen LogP) is -0.116. The van der Waals surface area contributed by atoms with Crippen LogP contribution in [0.2, 0.25) is 0 Å². The quantitative estimate of drug-likeness (QED) is 0.625. The topological polar surface area (TPSA) is 90.3 Å². The molecule has 0 aliphatic heterocycles. The highest BCUT2D eigenvalue weighted by molar-refractivity contribution is 5.86. The van der Waals surface area contributed by atoms with Crippen LogP contribution in [0.1, 0.15) is 34.9 Å². The molecule has 0 atom stereocenters. The molecule has 0 bridgehead atoms. The molecule has 12 heavy (non-hydrogen) atoms. The van der Waals surface area contributed by atoms with Crippen molar-refractivity contribution in [2.75, 3.05) is 0 Å². The van der Waals surface area contributed by atoms with Gasteiger partial charge in [0.15, 0.2) is 0 Å². The number of aromatic carboxylic acids is 1. The van der Waals surface area contributed by atoms with E-state index in [-0.39, 0.29) is 22.2 Å². The Bertz CT molecular complexity index is 328. The van der Waals surface area contributed by atoms with E-state index in [1.165, 1.54) is 0 Å². The van der Waals surface area contributed by atoms with Gasteiger partial charge < -0.3 is 10.3 Å². The second-order valence-corrected chi connectivity index (χ2v) is 2.74. The van der Waals surface area contributed by atoms with Gasteiger partial charge >= 0.3 is 11.7 Å². The van der Waals surface area contributed by atoms with Crippen LogP contribution >= 0.6 is 0 Å². The predicted molar refractivity (Wildman–Crippen MR) is 34.4 cm³/mol. The summed E-state index contributed by atoms with van der Waals surface area (Å²) in [7, 11) is 0. The lowest BCUT2D eigenvalue weighted by Gasteiger charge is -1.90. The van der Waals surface area contributed by atoms with Gasteiger partial charge in [0.25, 0.3) is 0 Å². The Balaban J connectivity index is 2.46. The maximum Gasteiger partial charge on any atom is 0.387 e. The summed E-state index contributed by atoms with van der Waals surface area (Å²) in [4.78, 5) is 10.7. The second kappa shape index (κ2) is 2.20. The van der Waals surface area contributed by atoms with Gasteiger partial charge in [-0.05, 0) is 17.7 Å². The average molecular weight is 170 g/mol. The zero-order chi connectivity index (χ0) is 8.72. The van der Waals surface area contributed by atoms with Crippen LogP contribution < -0.4 is 4.90 Å². The molecule has 6 nitrogen and oxygen atoms in total. The van der Waals surface area contributed by atoms with Gasteiger partial charge in [-0.2, -0.15) is 0 Å². The third-order valence-electron chi connectivity index (χ3n) is 1.81. The number of carboxylic acid groups (broad SMARTS) is 1.